The highest BCUT2D eigenvalue weighted by atomic mass is 16.5. The zero-order valence-electron chi connectivity index (χ0n) is 28.0. The molecule has 2 heterocycles. The van der Waals surface area contributed by atoms with Crippen LogP contribution in [0.2, 0.25) is 0 Å². The fourth-order valence-corrected chi connectivity index (χ4v) is 6.23. The maximum atomic E-state index is 14.0. The van der Waals surface area contributed by atoms with Crippen molar-refractivity contribution >= 4 is 34.7 Å². The molecular weight excluding hydrogens is 574 g/mol. The molecule has 11 nitrogen and oxygen atoms in total. The number of urea groups is 1. The van der Waals surface area contributed by atoms with E-state index in [-0.39, 0.29) is 36.4 Å². The van der Waals surface area contributed by atoms with Crippen molar-refractivity contribution < 1.29 is 29.0 Å². The minimum absolute atomic E-state index is 0.0414. The Kier molecular flexibility index (Phi) is 12.8. The number of aliphatic carboxylic acids is 1. The van der Waals surface area contributed by atoms with Gasteiger partial charge in [-0.25, -0.2) is 4.79 Å². The van der Waals surface area contributed by atoms with E-state index in [0.717, 1.165) is 42.1 Å². The largest absolute Gasteiger partial charge is 0.548 e. The highest BCUT2D eigenvalue weighted by Gasteiger charge is 2.35. The average Bonchev–Trinajstić information content (AvgIpc) is 3.30. The topological polar surface area (TPSA) is 145 Å². The number of rotatable bonds is 14. The van der Waals surface area contributed by atoms with Crippen LogP contribution in [0.15, 0.2) is 30.5 Å². The zero-order valence-corrected chi connectivity index (χ0v) is 28.0. The van der Waals surface area contributed by atoms with Crippen LogP contribution in [0.5, 0.6) is 0 Å². The van der Waals surface area contributed by atoms with E-state index in [9.17, 15) is 24.3 Å². The second-order valence-corrected chi connectivity index (χ2v) is 13.6. The molecule has 4 amide bonds. The highest BCUT2D eigenvalue weighted by molar-refractivity contribution is 5.94. The van der Waals surface area contributed by atoms with Crippen molar-refractivity contribution in [3.63, 3.8) is 0 Å². The number of hydrogen-bond acceptors (Lipinski definition) is 6. The first-order valence-corrected chi connectivity index (χ1v) is 16.2. The summed E-state index contributed by atoms with van der Waals surface area (Å²) in [6, 6.07) is 4.23. The molecule has 1 saturated heterocycles. The summed E-state index contributed by atoms with van der Waals surface area (Å²) in [5.41, 5.74) is 1.37. The summed E-state index contributed by atoms with van der Waals surface area (Å²) in [7, 11) is 1.59. The number of ether oxygens (including phenoxy) is 1. The number of para-hydroxylation sites is 1. The molecular formula is C34H52N5O6-. The Morgan fingerprint density at radius 1 is 0.978 bits per heavy atom. The first-order chi connectivity index (χ1) is 21.2. The van der Waals surface area contributed by atoms with Crippen LogP contribution < -0.4 is 21.1 Å². The molecule has 0 bridgehead atoms. The predicted octanol–water partition coefficient (Wildman–Crippen LogP) is 3.47. The van der Waals surface area contributed by atoms with Crippen LogP contribution in [-0.2, 0) is 32.3 Å². The van der Waals surface area contributed by atoms with Crippen LogP contribution in [0.25, 0.3) is 10.9 Å². The number of aromatic nitrogens is 1. The van der Waals surface area contributed by atoms with Crippen LogP contribution >= 0.6 is 0 Å². The number of methoxy groups -OCH3 is 1. The van der Waals surface area contributed by atoms with Gasteiger partial charge in [0.1, 0.15) is 18.8 Å². The number of fused-ring (bicyclic) bond motifs is 1. The highest BCUT2D eigenvalue weighted by Crippen LogP contribution is 2.26. The van der Waals surface area contributed by atoms with Crippen molar-refractivity contribution in [1.82, 2.24) is 25.4 Å². The van der Waals surface area contributed by atoms with Crippen molar-refractivity contribution in [2.45, 2.75) is 130 Å². The number of nitrogens with zero attached hydrogens (tertiary/aromatic N) is 2. The number of carboxylic acids is 1. The first kappa shape index (κ1) is 35.9. The number of carboxylic acid groups (broad SMARTS) is 1. The normalized spacial score (nSPS) is 19.0. The molecule has 1 aromatic heterocycles. The van der Waals surface area contributed by atoms with Crippen molar-refractivity contribution in [2.24, 2.45) is 5.41 Å². The molecule has 0 radical (unpaired) electrons. The fourth-order valence-electron chi connectivity index (χ4n) is 6.23. The van der Waals surface area contributed by atoms with Gasteiger partial charge in [-0.15, -0.1) is 0 Å². The number of carbonyl (C=O) groups is 4. The SMILES string of the molecule is CCCC[C@@H](NC(=O)[C@@H](Cc1cn(COC)c2ccccc12)NC(=O)[C@H](CC(C)(C)C)NC(=O)N1[C@H](C)CCC[C@@H]1C)C(=O)[O-]. The Bertz CT molecular complexity index is 1310. The molecule has 1 aliphatic heterocycles. The molecule has 45 heavy (non-hydrogen) atoms. The molecule has 0 saturated carbocycles. The van der Waals surface area contributed by atoms with Gasteiger partial charge in [-0.1, -0.05) is 58.7 Å². The molecule has 250 valence electrons. The van der Waals surface area contributed by atoms with Gasteiger partial charge >= 0.3 is 6.03 Å². The number of likely N-dealkylation sites (tertiary alicyclic amines) is 1. The van der Waals surface area contributed by atoms with E-state index >= 15 is 0 Å². The van der Waals surface area contributed by atoms with E-state index in [1.165, 1.54) is 0 Å². The summed E-state index contributed by atoms with van der Waals surface area (Å²) in [5.74, 6) is -2.51. The van der Waals surface area contributed by atoms with Crippen molar-refractivity contribution in [3.05, 3.63) is 36.0 Å². The second-order valence-electron chi connectivity index (χ2n) is 13.6. The van der Waals surface area contributed by atoms with Crippen molar-refractivity contribution in [3.8, 4) is 0 Å². The number of nitrogens with one attached hydrogen (secondary N) is 3. The monoisotopic (exact) mass is 626 g/mol. The van der Waals surface area contributed by atoms with E-state index in [1.807, 2.05) is 76.6 Å². The van der Waals surface area contributed by atoms with Crippen LogP contribution in [0.1, 0.15) is 92.1 Å². The quantitative estimate of drug-likeness (QED) is 0.293. The predicted molar refractivity (Wildman–Crippen MR) is 172 cm³/mol. The molecule has 11 heteroatoms. The van der Waals surface area contributed by atoms with Crippen molar-refractivity contribution in [2.75, 3.05) is 7.11 Å². The number of benzene rings is 1. The van der Waals surface area contributed by atoms with Crippen LogP contribution in [0.4, 0.5) is 4.79 Å². The van der Waals surface area contributed by atoms with Crippen LogP contribution in [0.3, 0.4) is 0 Å². The van der Waals surface area contributed by atoms with Gasteiger partial charge in [0.2, 0.25) is 11.8 Å². The molecule has 1 fully saturated rings. The third-order valence-electron chi connectivity index (χ3n) is 8.50. The molecule has 0 aliphatic carbocycles. The third-order valence-corrected chi connectivity index (χ3v) is 8.50. The van der Waals surface area contributed by atoms with E-state index in [2.05, 4.69) is 16.0 Å². The number of unbranched alkanes of at least 4 members (excludes halogenated alkanes) is 1. The minimum Gasteiger partial charge on any atom is -0.548 e. The summed E-state index contributed by atoms with van der Waals surface area (Å²) < 4.78 is 7.27. The minimum atomic E-state index is -1.37. The van der Waals surface area contributed by atoms with Gasteiger partial charge in [0.15, 0.2) is 0 Å². The zero-order chi connectivity index (χ0) is 33.3. The van der Waals surface area contributed by atoms with Crippen LogP contribution in [-0.4, -0.2) is 70.6 Å². The Morgan fingerprint density at radius 2 is 1.60 bits per heavy atom. The van der Waals surface area contributed by atoms with E-state index < -0.39 is 35.9 Å². The van der Waals surface area contributed by atoms with Gasteiger partial charge < -0.3 is 40.1 Å². The molecule has 1 aliphatic rings. The van der Waals surface area contributed by atoms with Crippen molar-refractivity contribution in [1.29, 1.82) is 0 Å². The lowest BCUT2D eigenvalue weighted by atomic mass is 9.87. The summed E-state index contributed by atoms with van der Waals surface area (Å²) in [5, 5.41) is 21.2. The third kappa shape index (κ3) is 9.94. The summed E-state index contributed by atoms with van der Waals surface area (Å²) in [6.45, 7) is 12.2. The summed E-state index contributed by atoms with van der Waals surface area (Å²) in [4.78, 5) is 55.0. The Morgan fingerprint density at radius 3 is 2.20 bits per heavy atom. The lowest BCUT2D eigenvalue weighted by molar-refractivity contribution is -0.308. The number of carbonyl (C=O) groups excluding carboxylic acids is 4. The smallest absolute Gasteiger partial charge is 0.318 e. The number of amides is 4. The summed E-state index contributed by atoms with van der Waals surface area (Å²) in [6.07, 6.45) is 6.69. The van der Waals surface area contributed by atoms with Gasteiger partial charge in [0.25, 0.3) is 0 Å². The number of hydrogen-bond donors (Lipinski definition) is 3. The van der Waals surface area contributed by atoms with Gasteiger partial charge in [0.05, 0.1) is 17.5 Å². The van der Waals surface area contributed by atoms with Gasteiger partial charge in [-0.05, 0) is 63.0 Å². The molecule has 2 aromatic rings. The molecule has 0 unspecified atom stereocenters. The second kappa shape index (κ2) is 16.1. The Labute approximate surface area is 267 Å². The molecule has 5 atom stereocenters. The van der Waals surface area contributed by atoms with Gasteiger partial charge in [-0.2, -0.15) is 0 Å². The van der Waals surface area contributed by atoms with Gasteiger partial charge in [0, 0.05) is 37.2 Å². The molecule has 1 aromatic carbocycles. The maximum absolute atomic E-state index is 14.0. The summed E-state index contributed by atoms with van der Waals surface area (Å²) >= 11 is 0. The fraction of sp³-hybridized carbons (Fsp3) is 0.647. The molecule has 3 N–H and O–H groups in total. The molecule has 3 rings (SSSR count). The number of piperidine rings is 1. The van der Waals surface area contributed by atoms with Gasteiger partial charge in [-0.3, -0.25) is 9.59 Å². The maximum Gasteiger partial charge on any atom is 0.318 e. The Hall–Kier alpha value is -3.60. The average molecular weight is 627 g/mol. The van der Waals surface area contributed by atoms with E-state index in [0.29, 0.717) is 19.6 Å². The molecule has 0 spiro atoms. The Balaban J connectivity index is 1.94. The standard InChI is InChI=1S/C34H53N5O6/c1-8-9-16-26(32(42)43)35-30(40)27(18-24-20-38(21-45-7)29-17-11-10-15-25(24)29)36-31(41)28(19-34(4,5)6)37-33(44)39-22(2)13-12-14-23(39)3/h10-11,15,17,20,22-23,26-28H,8-9,12-14,16,18-19,21H2,1-7H3,(H,35,40)(H,36,41)(H,37,44)(H,42,43)/p-1/t22-,23+,26-,27-,28+/m1/s1. The van der Waals surface area contributed by atoms with E-state index in [1.54, 1.807) is 12.0 Å². The van der Waals surface area contributed by atoms with Crippen LogP contribution in [0, 0.1) is 5.41 Å². The van der Waals surface area contributed by atoms with E-state index in [4.69, 9.17) is 4.74 Å². The lowest BCUT2D eigenvalue weighted by Gasteiger charge is -2.40. The first-order valence-electron chi connectivity index (χ1n) is 16.2. The lowest BCUT2D eigenvalue weighted by Crippen LogP contribution is -2.60.